The minimum atomic E-state index is -0.601. The molecule has 2 nitrogen and oxygen atoms in total. The SMILES string of the molecule is CC1CCC(C(C)C)C(NC(=O)C(Cl)c2ccccc2)C1. The second kappa shape index (κ2) is 7.31. The monoisotopic (exact) mass is 307 g/mol. The molecule has 1 N–H and O–H groups in total. The van der Waals surface area contributed by atoms with E-state index >= 15 is 0 Å². The van der Waals surface area contributed by atoms with E-state index < -0.39 is 5.38 Å². The van der Waals surface area contributed by atoms with E-state index in [1.807, 2.05) is 30.3 Å². The van der Waals surface area contributed by atoms with Crippen molar-refractivity contribution in [3.63, 3.8) is 0 Å². The molecule has 0 spiro atoms. The maximum absolute atomic E-state index is 12.4. The Morgan fingerprint density at radius 2 is 1.90 bits per heavy atom. The third kappa shape index (κ3) is 4.23. The first-order valence-corrected chi connectivity index (χ1v) is 8.42. The van der Waals surface area contributed by atoms with Gasteiger partial charge in [-0.05, 0) is 36.2 Å². The Hall–Kier alpha value is -1.02. The summed E-state index contributed by atoms with van der Waals surface area (Å²) in [5, 5.41) is 2.61. The molecule has 1 aromatic carbocycles. The third-order valence-electron chi connectivity index (χ3n) is 4.67. The summed E-state index contributed by atoms with van der Waals surface area (Å²) in [6, 6.07) is 9.82. The summed E-state index contributed by atoms with van der Waals surface area (Å²) in [5.41, 5.74) is 0.863. The number of rotatable bonds is 4. The number of hydrogen-bond acceptors (Lipinski definition) is 1. The average molecular weight is 308 g/mol. The zero-order valence-corrected chi connectivity index (χ0v) is 13.9. The zero-order valence-electron chi connectivity index (χ0n) is 13.2. The number of alkyl halides is 1. The number of carbonyl (C=O) groups is 1. The summed E-state index contributed by atoms with van der Waals surface area (Å²) in [6.07, 6.45) is 3.52. The quantitative estimate of drug-likeness (QED) is 0.813. The Morgan fingerprint density at radius 3 is 2.52 bits per heavy atom. The fourth-order valence-corrected chi connectivity index (χ4v) is 3.61. The summed E-state index contributed by atoms with van der Waals surface area (Å²) in [7, 11) is 0. The number of halogens is 1. The van der Waals surface area contributed by atoms with Gasteiger partial charge in [-0.25, -0.2) is 0 Å². The maximum Gasteiger partial charge on any atom is 0.242 e. The largest absolute Gasteiger partial charge is 0.351 e. The molecule has 0 radical (unpaired) electrons. The molecule has 1 aliphatic carbocycles. The summed E-state index contributed by atoms with van der Waals surface area (Å²) >= 11 is 6.33. The van der Waals surface area contributed by atoms with E-state index in [4.69, 9.17) is 11.6 Å². The Labute approximate surface area is 133 Å². The number of hydrogen-bond donors (Lipinski definition) is 1. The van der Waals surface area contributed by atoms with E-state index in [1.165, 1.54) is 12.8 Å². The fourth-order valence-electron chi connectivity index (χ4n) is 3.40. The molecule has 0 bridgehead atoms. The molecule has 0 aliphatic heterocycles. The Kier molecular flexibility index (Phi) is 5.69. The van der Waals surface area contributed by atoms with Crippen LogP contribution in [0.25, 0.3) is 0 Å². The highest BCUT2D eigenvalue weighted by Crippen LogP contribution is 2.34. The van der Waals surface area contributed by atoms with Crippen molar-refractivity contribution in [3.05, 3.63) is 35.9 Å². The van der Waals surface area contributed by atoms with Gasteiger partial charge in [-0.1, -0.05) is 57.5 Å². The highest BCUT2D eigenvalue weighted by atomic mass is 35.5. The van der Waals surface area contributed by atoms with Crippen molar-refractivity contribution in [3.8, 4) is 0 Å². The average Bonchev–Trinajstić information content (AvgIpc) is 2.47. The predicted molar refractivity (Wildman–Crippen MR) is 88.3 cm³/mol. The van der Waals surface area contributed by atoms with Crippen molar-refractivity contribution < 1.29 is 4.79 Å². The van der Waals surface area contributed by atoms with Crippen LogP contribution in [0.2, 0.25) is 0 Å². The molecule has 1 aliphatic rings. The lowest BCUT2D eigenvalue weighted by molar-refractivity contribution is -0.122. The van der Waals surface area contributed by atoms with Gasteiger partial charge in [-0.15, -0.1) is 11.6 Å². The molecule has 21 heavy (non-hydrogen) atoms. The molecular formula is C18H26ClNO. The Balaban J connectivity index is 2.02. The van der Waals surface area contributed by atoms with Crippen molar-refractivity contribution in [1.82, 2.24) is 5.32 Å². The maximum atomic E-state index is 12.4. The molecule has 1 aromatic rings. The van der Waals surface area contributed by atoms with Gasteiger partial charge in [0.25, 0.3) is 0 Å². The summed E-state index contributed by atoms with van der Waals surface area (Å²) in [6.45, 7) is 6.76. The lowest BCUT2D eigenvalue weighted by Gasteiger charge is -2.38. The molecular weight excluding hydrogens is 282 g/mol. The van der Waals surface area contributed by atoms with E-state index in [0.29, 0.717) is 17.8 Å². The number of benzene rings is 1. The number of nitrogens with one attached hydrogen (secondary N) is 1. The normalized spacial score (nSPS) is 27.4. The third-order valence-corrected chi connectivity index (χ3v) is 5.12. The molecule has 0 saturated heterocycles. The van der Waals surface area contributed by atoms with Crippen LogP contribution in [0.4, 0.5) is 0 Å². The van der Waals surface area contributed by atoms with Gasteiger partial charge in [-0.2, -0.15) is 0 Å². The molecule has 0 aromatic heterocycles. The van der Waals surface area contributed by atoms with E-state index in [9.17, 15) is 4.79 Å². The van der Waals surface area contributed by atoms with E-state index in [0.717, 1.165) is 12.0 Å². The topological polar surface area (TPSA) is 29.1 Å². The first kappa shape index (κ1) is 16.4. The second-order valence-corrected chi connectivity index (χ2v) is 7.15. The van der Waals surface area contributed by atoms with Crippen LogP contribution in [0.5, 0.6) is 0 Å². The zero-order chi connectivity index (χ0) is 15.4. The fraction of sp³-hybridized carbons (Fsp3) is 0.611. The molecule has 2 rings (SSSR count). The van der Waals surface area contributed by atoms with Gasteiger partial charge in [0.2, 0.25) is 5.91 Å². The Morgan fingerprint density at radius 1 is 1.24 bits per heavy atom. The molecule has 1 amide bonds. The van der Waals surface area contributed by atoms with Crippen LogP contribution >= 0.6 is 11.6 Å². The molecule has 1 fully saturated rings. The van der Waals surface area contributed by atoms with Crippen molar-refractivity contribution in [2.75, 3.05) is 0 Å². The van der Waals surface area contributed by atoms with Gasteiger partial charge < -0.3 is 5.32 Å². The number of carbonyl (C=O) groups excluding carboxylic acids is 1. The summed E-state index contributed by atoms with van der Waals surface area (Å²) < 4.78 is 0. The molecule has 1 saturated carbocycles. The first-order chi connectivity index (χ1) is 9.99. The summed E-state index contributed by atoms with van der Waals surface area (Å²) in [4.78, 5) is 12.4. The van der Waals surface area contributed by atoms with Gasteiger partial charge >= 0.3 is 0 Å². The standard InChI is InChI=1S/C18H26ClNO/c1-12(2)15-10-9-13(3)11-16(15)20-18(21)17(19)14-7-5-4-6-8-14/h4-8,12-13,15-17H,9-11H2,1-3H3,(H,20,21). The highest BCUT2D eigenvalue weighted by Gasteiger charge is 2.32. The van der Waals surface area contributed by atoms with Crippen molar-refractivity contribution in [2.45, 2.75) is 51.5 Å². The van der Waals surface area contributed by atoms with Crippen LogP contribution in [-0.2, 0) is 4.79 Å². The molecule has 4 unspecified atom stereocenters. The predicted octanol–water partition coefficient (Wildman–Crippen LogP) is 4.54. The molecule has 0 heterocycles. The first-order valence-electron chi connectivity index (χ1n) is 7.98. The van der Waals surface area contributed by atoms with E-state index in [2.05, 4.69) is 26.1 Å². The minimum Gasteiger partial charge on any atom is -0.351 e. The lowest BCUT2D eigenvalue weighted by atomic mass is 9.74. The highest BCUT2D eigenvalue weighted by molar-refractivity contribution is 6.30. The van der Waals surface area contributed by atoms with Crippen LogP contribution in [0.15, 0.2) is 30.3 Å². The van der Waals surface area contributed by atoms with Gasteiger partial charge in [0, 0.05) is 6.04 Å². The van der Waals surface area contributed by atoms with Crippen LogP contribution in [-0.4, -0.2) is 11.9 Å². The van der Waals surface area contributed by atoms with Crippen molar-refractivity contribution in [1.29, 1.82) is 0 Å². The van der Waals surface area contributed by atoms with Crippen LogP contribution < -0.4 is 5.32 Å². The van der Waals surface area contributed by atoms with E-state index in [-0.39, 0.29) is 11.9 Å². The van der Waals surface area contributed by atoms with Gasteiger partial charge in [0.05, 0.1) is 0 Å². The molecule has 3 heteroatoms. The molecule has 116 valence electrons. The smallest absolute Gasteiger partial charge is 0.242 e. The summed E-state index contributed by atoms with van der Waals surface area (Å²) in [5.74, 6) is 1.77. The molecule has 4 atom stereocenters. The Bertz CT molecular complexity index is 460. The van der Waals surface area contributed by atoms with Crippen LogP contribution in [0.1, 0.15) is 51.0 Å². The van der Waals surface area contributed by atoms with Crippen LogP contribution in [0, 0.1) is 17.8 Å². The van der Waals surface area contributed by atoms with Crippen LogP contribution in [0.3, 0.4) is 0 Å². The number of amides is 1. The minimum absolute atomic E-state index is 0.0624. The van der Waals surface area contributed by atoms with Gasteiger partial charge in [0.1, 0.15) is 5.38 Å². The lowest BCUT2D eigenvalue weighted by Crippen LogP contribution is -2.46. The van der Waals surface area contributed by atoms with Crippen molar-refractivity contribution in [2.24, 2.45) is 17.8 Å². The van der Waals surface area contributed by atoms with Crippen molar-refractivity contribution >= 4 is 17.5 Å². The van der Waals surface area contributed by atoms with E-state index in [1.54, 1.807) is 0 Å². The van der Waals surface area contributed by atoms with Gasteiger partial charge in [0.15, 0.2) is 0 Å². The van der Waals surface area contributed by atoms with Gasteiger partial charge in [-0.3, -0.25) is 4.79 Å². The second-order valence-electron chi connectivity index (χ2n) is 6.71.